The Balaban J connectivity index is 0.00000441. The topological polar surface area (TPSA) is 65.1 Å². The SMILES string of the molecule is CCCOC(=O)/C=C/C(=O)OCCCCN1CCOCC1.Cl. The molecule has 0 N–H and O–H groups in total. The van der Waals surface area contributed by atoms with Crippen LogP contribution in [0, 0.1) is 0 Å². The van der Waals surface area contributed by atoms with E-state index in [-0.39, 0.29) is 12.4 Å². The van der Waals surface area contributed by atoms with Gasteiger partial charge in [0.1, 0.15) is 0 Å². The van der Waals surface area contributed by atoms with Crippen LogP contribution >= 0.6 is 12.4 Å². The van der Waals surface area contributed by atoms with Crippen molar-refractivity contribution in [3.05, 3.63) is 12.2 Å². The monoisotopic (exact) mass is 335 g/mol. The molecule has 0 unspecified atom stereocenters. The van der Waals surface area contributed by atoms with Gasteiger partial charge in [-0.15, -0.1) is 12.4 Å². The summed E-state index contributed by atoms with van der Waals surface area (Å²) in [5, 5.41) is 0. The lowest BCUT2D eigenvalue weighted by molar-refractivity contribution is -0.140. The molecule has 0 saturated carbocycles. The maximum absolute atomic E-state index is 11.3. The van der Waals surface area contributed by atoms with Gasteiger partial charge >= 0.3 is 11.9 Å². The van der Waals surface area contributed by atoms with E-state index < -0.39 is 11.9 Å². The number of nitrogens with zero attached hydrogens (tertiary/aromatic N) is 1. The molecular weight excluding hydrogens is 310 g/mol. The minimum absolute atomic E-state index is 0. The summed E-state index contributed by atoms with van der Waals surface area (Å²) >= 11 is 0. The van der Waals surface area contributed by atoms with Gasteiger partial charge in [-0.3, -0.25) is 4.90 Å². The highest BCUT2D eigenvalue weighted by Crippen LogP contribution is 2.00. The lowest BCUT2D eigenvalue weighted by Gasteiger charge is -2.26. The highest BCUT2D eigenvalue weighted by Gasteiger charge is 2.09. The molecule has 22 heavy (non-hydrogen) atoms. The molecule has 1 rings (SSSR count). The zero-order valence-electron chi connectivity index (χ0n) is 13.1. The third-order valence-electron chi connectivity index (χ3n) is 3.02. The Bertz CT molecular complexity index is 343. The van der Waals surface area contributed by atoms with Crippen LogP contribution in [0.2, 0.25) is 0 Å². The Hall–Kier alpha value is -1.11. The van der Waals surface area contributed by atoms with Crippen molar-refractivity contribution >= 4 is 24.3 Å². The summed E-state index contributed by atoms with van der Waals surface area (Å²) in [5.41, 5.74) is 0. The van der Waals surface area contributed by atoms with E-state index in [1.807, 2.05) is 6.92 Å². The quantitative estimate of drug-likeness (QED) is 0.362. The molecule has 7 heteroatoms. The standard InChI is InChI=1S/C15H25NO5.ClH/c1-2-10-20-14(17)5-6-15(18)21-11-4-3-7-16-8-12-19-13-9-16;/h5-6H,2-4,7-13H2,1H3;1H/b6-5+;. The Morgan fingerprint density at radius 2 is 1.64 bits per heavy atom. The van der Waals surface area contributed by atoms with Crippen LogP contribution < -0.4 is 0 Å². The number of unbranched alkanes of at least 4 members (excludes halogenated alkanes) is 1. The molecule has 0 aromatic rings. The van der Waals surface area contributed by atoms with Crippen LogP contribution in [-0.2, 0) is 23.8 Å². The number of halogens is 1. The van der Waals surface area contributed by atoms with Gasteiger partial charge in [0.2, 0.25) is 0 Å². The number of morpholine rings is 1. The van der Waals surface area contributed by atoms with E-state index in [4.69, 9.17) is 14.2 Å². The van der Waals surface area contributed by atoms with E-state index >= 15 is 0 Å². The first-order valence-electron chi connectivity index (χ1n) is 7.54. The van der Waals surface area contributed by atoms with Gasteiger partial charge in [-0.1, -0.05) is 6.92 Å². The number of esters is 2. The van der Waals surface area contributed by atoms with Crippen LogP contribution in [0.1, 0.15) is 26.2 Å². The second-order valence-corrected chi connectivity index (χ2v) is 4.83. The van der Waals surface area contributed by atoms with Crippen molar-refractivity contribution in [3.8, 4) is 0 Å². The summed E-state index contributed by atoms with van der Waals surface area (Å²) in [4.78, 5) is 24.8. The first kappa shape index (κ1) is 20.9. The number of hydrogen-bond donors (Lipinski definition) is 0. The maximum atomic E-state index is 11.3. The van der Waals surface area contributed by atoms with Gasteiger partial charge in [-0.05, 0) is 25.8 Å². The van der Waals surface area contributed by atoms with Crippen LogP contribution in [0.15, 0.2) is 12.2 Å². The van der Waals surface area contributed by atoms with E-state index in [1.54, 1.807) is 0 Å². The number of ether oxygens (including phenoxy) is 3. The number of rotatable bonds is 9. The summed E-state index contributed by atoms with van der Waals surface area (Å²) in [7, 11) is 0. The van der Waals surface area contributed by atoms with Crippen molar-refractivity contribution in [2.45, 2.75) is 26.2 Å². The lowest BCUT2D eigenvalue weighted by atomic mass is 10.3. The average molecular weight is 336 g/mol. The van der Waals surface area contributed by atoms with Crippen molar-refractivity contribution in [1.82, 2.24) is 4.90 Å². The summed E-state index contributed by atoms with van der Waals surface area (Å²) in [6, 6.07) is 0. The molecular formula is C15H26ClNO5. The van der Waals surface area contributed by atoms with Gasteiger partial charge in [0.05, 0.1) is 26.4 Å². The van der Waals surface area contributed by atoms with Crippen LogP contribution in [-0.4, -0.2) is 62.9 Å². The summed E-state index contributed by atoms with van der Waals surface area (Å²) in [5.74, 6) is -1.02. The second-order valence-electron chi connectivity index (χ2n) is 4.83. The maximum Gasteiger partial charge on any atom is 0.331 e. The molecule has 1 fully saturated rings. The molecule has 0 radical (unpaired) electrons. The van der Waals surface area contributed by atoms with Crippen molar-refractivity contribution in [3.63, 3.8) is 0 Å². The molecule has 128 valence electrons. The second kappa shape index (κ2) is 13.5. The van der Waals surface area contributed by atoms with Crippen LogP contribution in [0.25, 0.3) is 0 Å². The van der Waals surface area contributed by atoms with Crippen LogP contribution in [0.3, 0.4) is 0 Å². The molecule has 0 amide bonds. The van der Waals surface area contributed by atoms with E-state index in [2.05, 4.69) is 4.90 Å². The van der Waals surface area contributed by atoms with Gasteiger partial charge in [-0.2, -0.15) is 0 Å². The van der Waals surface area contributed by atoms with Crippen LogP contribution in [0.5, 0.6) is 0 Å². The van der Waals surface area contributed by atoms with Gasteiger partial charge in [0.15, 0.2) is 0 Å². The zero-order chi connectivity index (χ0) is 15.3. The zero-order valence-corrected chi connectivity index (χ0v) is 13.9. The van der Waals surface area contributed by atoms with E-state index in [0.29, 0.717) is 13.2 Å². The molecule has 0 aliphatic carbocycles. The minimum Gasteiger partial charge on any atom is -0.463 e. The third kappa shape index (κ3) is 10.6. The van der Waals surface area contributed by atoms with Crippen molar-refractivity contribution in [2.24, 2.45) is 0 Å². The van der Waals surface area contributed by atoms with Crippen molar-refractivity contribution in [1.29, 1.82) is 0 Å². The van der Waals surface area contributed by atoms with E-state index in [1.165, 1.54) is 0 Å². The third-order valence-corrected chi connectivity index (χ3v) is 3.02. The van der Waals surface area contributed by atoms with Crippen LogP contribution in [0.4, 0.5) is 0 Å². The smallest absolute Gasteiger partial charge is 0.331 e. The van der Waals surface area contributed by atoms with Gasteiger partial charge in [-0.25, -0.2) is 9.59 Å². The van der Waals surface area contributed by atoms with Crippen molar-refractivity contribution < 1.29 is 23.8 Å². The van der Waals surface area contributed by atoms with Gasteiger partial charge in [0.25, 0.3) is 0 Å². The molecule has 1 aliphatic heterocycles. The fourth-order valence-corrected chi connectivity index (χ4v) is 1.87. The highest BCUT2D eigenvalue weighted by molar-refractivity contribution is 5.91. The predicted octanol–water partition coefficient (Wildman–Crippen LogP) is 1.57. The molecule has 0 atom stereocenters. The first-order chi connectivity index (χ1) is 10.2. The average Bonchev–Trinajstić information content (AvgIpc) is 2.51. The minimum atomic E-state index is -0.513. The summed E-state index contributed by atoms with van der Waals surface area (Å²) in [6.45, 7) is 7.19. The molecule has 1 aliphatic rings. The molecule has 0 aromatic heterocycles. The lowest BCUT2D eigenvalue weighted by Crippen LogP contribution is -2.36. The molecule has 0 bridgehead atoms. The normalized spacial score (nSPS) is 15.3. The number of hydrogen-bond acceptors (Lipinski definition) is 6. The number of carbonyl (C=O) groups is 2. The largest absolute Gasteiger partial charge is 0.463 e. The molecule has 0 aromatic carbocycles. The summed E-state index contributed by atoms with van der Waals surface area (Å²) < 4.78 is 15.1. The Kier molecular flexibility index (Phi) is 12.9. The Morgan fingerprint density at radius 3 is 2.23 bits per heavy atom. The first-order valence-corrected chi connectivity index (χ1v) is 7.54. The summed E-state index contributed by atoms with van der Waals surface area (Å²) in [6.07, 6.45) is 4.77. The predicted molar refractivity (Wildman–Crippen MR) is 85.1 cm³/mol. The molecule has 6 nitrogen and oxygen atoms in total. The van der Waals surface area contributed by atoms with E-state index in [9.17, 15) is 9.59 Å². The number of carbonyl (C=O) groups excluding carboxylic acids is 2. The fraction of sp³-hybridized carbons (Fsp3) is 0.733. The molecule has 1 heterocycles. The van der Waals surface area contributed by atoms with Gasteiger partial charge in [0, 0.05) is 25.2 Å². The fourth-order valence-electron chi connectivity index (χ4n) is 1.87. The Labute approximate surface area is 138 Å². The molecule has 0 spiro atoms. The van der Waals surface area contributed by atoms with Gasteiger partial charge < -0.3 is 14.2 Å². The molecule has 1 saturated heterocycles. The van der Waals surface area contributed by atoms with Crippen molar-refractivity contribution in [2.75, 3.05) is 46.1 Å². The van der Waals surface area contributed by atoms with E-state index in [0.717, 1.165) is 64.3 Å². The Morgan fingerprint density at radius 1 is 1.05 bits per heavy atom. The highest BCUT2D eigenvalue weighted by atomic mass is 35.5.